The summed E-state index contributed by atoms with van der Waals surface area (Å²) < 4.78 is 10.9. The van der Waals surface area contributed by atoms with E-state index < -0.39 is 23.8 Å². The molecular formula is C33H39N3O5. The number of unbranched alkanes of at least 4 members (excludes halogenated alkanes) is 1. The standard InChI is InChI=1S/C33H39N3O5/c1-33(2,3)41-31(38)35-20-12-11-19-34-30(37)29(21-23-13-5-4-6-14-23)36-32(39)40-22-28-26-17-9-7-15-24(26)25-16-8-10-18-27(25)28/h4-10,13-18,28-29H,11-12,19-22H2,1-3H3,(H,34,37)(H,35,38)(H,36,39)/t29-/m0/s1. The second-order valence-corrected chi connectivity index (χ2v) is 11.1. The van der Waals surface area contributed by atoms with Gasteiger partial charge in [0.2, 0.25) is 5.91 Å². The summed E-state index contributed by atoms with van der Waals surface area (Å²) in [7, 11) is 0. The quantitative estimate of drug-likeness (QED) is 0.268. The molecular weight excluding hydrogens is 518 g/mol. The first kappa shape index (κ1) is 29.6. The van der Waals surface area contributed by atoms with Gasteiger partial charge in [-0.05, 0) is 61.4 Å². The first-order valence-corrected chi connectivity index (χ1v) is 14.1. The number of benzene rings is 3. The first-order chi connectivity index (χ1) is 19.7. The molecule has 0 spiro atoms. The molecule has 0 fully saturated rings. The lowest BCUT2D eigenvalue weighted by atomic mass is 9.98. The summed E-state index contributed by atoms with van der Waals surface area (Å²) in [5, 5.41) is 8.40. The van der Waals surface area contributed by atoms with Crippen molar-refractivity contribution in [2.24, 2.45) is 0 Å². The Morgan fingerprint density at radius 3 is 1.93 bits per heavy atom. The number of nitrogens with one attached hydrogen (secondary N) is 3. The lowest BCUT2D eigenvalue weighted by Crippen LogP contribution is -2.48. The summed E-state index contributed by atoms with van der Waals surface area (Å²) in [4.78, 5) is 37.8. The summed E-state index contributed by atoms with van der Waals surface area (Å²) in [5.74, 6) is -0.355. The maximum absolute atomic E-state index is 13.1. The Balaban J connectivity index is 1.29. The molecule has 41 heavy (non-hydrogen) atoms. The third-order valence-corrected chi connectivity index (χ3v) is 6.81. The third kappa shape index (κ3) is 8.58. The largest absolute Gasteiger partial charge is 0.449 e. The zero-order valence-electron chi connectivity index (χ0n) is 23.9. The number of carbonyl (C=O) groups excluding carboxylic acids is 3. The van der Waals surface area contributed by atoms with E-state index in [0.29, 0.717) is 32.4 Å². The van der Waals surface area contributed by atoms with Gasteiger partial charge in [0.05, 0.1) is 0 Å². The van der Waals surface area contributed by atoms with Crippen molar-refractivity contribution in [3.05, 3.63) is 95.6 Å². The molecule has 8 heteroatoms. The van der Waals surface area contributed by atoms with Crippen LogP contribution in [0.4, 0.5) is 9.59 Å². The van der Waals surface area contributed by atoms with E-state index >= 15 is 0 Å². The Hall–Kier alpha value is -4.33. The summed E-state index contributed by atoms with van der Waals surface area (Å²) in [6.45, 7) is 6.45. The number of hydrogen-bond acceptors (Lipinski definition) is 5. The van der Waals surface area contributed by atoms with Crippen molar-refractivity contribution >= 4 is 18.1 Å². The molecule has 1 aliphatic carbocycles. The van der Waals surface area contributed by atoms with Crippen molar-refractivity contribution in [3.63, 3.8) is 0 Å². The van der Waals surface area contributed by atoms with Crippen LogP contribution in [0.1, 0.15) is 56.2 Å². The molecule has 0 bridgehead atoms. The van der Waals surface area contributed by atoms with Gasteiger partial charge in [0, 0.05) is 25.4 Å². The van der Waals surface area contributed by atoms with E-state index in [9.17, 15) is 14.4 Å². The number of rotatable bonds is 11. The molecule has 3 N–H and O–H groups in total. The maximum Gasteiger partial charge on any atom is 0.407 e. The highest BCUT2D eigenvalue weighted by Gasteiger charge is 2.30. The summed E-state index contributed by atoms with van der Waals surface area (Å²) in [6.07, 6.45) is 0.561. The van der Waals surface area contributed by atoms with Gasteiger partial charge in [-0.3, -0.25) is 4.79 Å². The van der Waals surface area contributed by atoms with Gasteiger partial charge in [0.1, 0.15) is 18.2 Å². The number of ether oxygens (including phenoxy) is 2. The van der Waals surface area contributed by atoms with Gasteiger partial charge in [0.15, 0.2) is 0 Å². The zero-order chi connectivity index (χ0) is 29.2. The van der Waals surface area contributed by atoms with Crippen LogP contribution in [0.2, 0.25) is 0 Å². The molecule has 0 aliphatic heterocycles. The van der Waals surface area contributed by atoms with Gasteiger partial charge < -0.3 is 25.4 Å². The molecule has 3 aromatic rings. The smallest absolute Gasteiger partial charge is 0.407 e. The number of fused-ring (bicyclic) bond motifs is 3. The van der Waals surface area contributed by atoms with Crippen LogP contribution >= 0.6 is 0 Å². The molecule has 3 aromatic carbocycles. The van der Waals surface area contributed by atoms with Crippen molar-refractivity contribution in [1.82, 2.24) is 16.0 Å². The lowest BCUT2D eigenvalue weighted by molar-refractivity contribution is -0.123. The summed E-state index contributed by atoms with van der Waals surface area (Å²) in [6, 6.07) is 25.0. The molecule has 3 amide bonds. The fourth-order valence-electron chi connectivity index (χ4n) is 4.93. The van der Waals surface area contributed by atoms with Gasteiger partial charge in [-0.25, -0.2) is 9.59 Å². The van der Waals surface area contributed by atoms with E-state index in [1.54, 1.807) is 0 Å². The minimum atomic E-state index is -0.798. The van der Waals surface area contributed by atoms with E-state index in [2.05, 4.69) is 40.2 Å². The molecule has 0 radical (unpaired) electrons. The van der Waals surface area contributed by atoms with E-state index in [1.807, 2.05) is 75.4 Å². The summed E-state index contributed by atoms with van der Waals surface area (Å²) >= 11 is 0. The van der Waals surface area contributed by atoms with E-state index in [0.717, 1.165) is 27.8 Å². The van der Waals surface area contributed by atoms with E-state index in [1.165, 1.54) is 0 Å². The van der Waals surface area contributed by atoms with Crippen LogP contribution in [0.25, 0.3) is 11.1 Å². The molecule has 0 unspecified atom stereocenters. The lowest BCUT2D eigenvalue weighted by Gasteiger charge is -2.20. The van der Waals surface area contributed by atoms with Gasteiger partial charge >= 0.3 is 12.2 Å². The highest BCUT2D eigenvalue weighted by atomic mass is 16.6. The Kier molecular flexibility index (Phi) is 10.0. The Bertz CT molecular complexity index is 1290. The minimum Gasteiger partial charge on any atom is -0.449 e. The molecule has 0 aromatic heterocycles. The second-order valence-electron chi connectivity index (χ2n) is 11.1. The molecule has 0 saturated heterocycles. The second kappa shape index (κ2) is 13.8. The Morgan fingerprint density at radius 1 is 0.756 bits per heavy atom. The van der Waals surface area contributed by atoms with Crippen molar-refractivity contribution in [2.45, 2.75) is 57.6 Å². The van der Waals surface area contributed by atoms with Crippen LogP contribution in [-0.2, 0) is 20.7 Å². The molecule has 1 atom stereocenters. The minimum absolute atomic E-state index is 0.0659. The zero-order valence-corrected chi connectivity index (χ0v) is 23.9. The topological polar surface area (TPSA) is 106 Å². The van der Waals surface area contributed by atoms with Crippen molar-refractivity contribution in [2.75, 3.05) is 19.7 Å². The van der Waals surface area contributed by atoms with Crippen LogP contribution in [0.3, 0.4) is 0 Å². The van der Waals surface area contributed by atoms with Crippen molar-refractivity contribution in [1.29, 1.82) is 0 Å². The van der Waals surface area contributed by atoms with Crippen molar-refractivity contribution in [3.8, 4) is 11.1 Å². The number of hydrogen-bond donors (Lipinski definition) is 3. The monoisotopic (exact) mass is 557 g/mol. The summed E-state index contributed by atoms with van der Waals surface area (Å²) in [5.41, 5.74) is 4.93. The van der Waals surface area contributed by atoms with E-state index in [-0.39, 0.29) is 18.4 Å². The highest BCUT2D eigenvalue weighted by molar-refractivity contribution is 5.86. The Labute approximate surface area is 241 Å². The third-order valence-electron chi connectivity index (χ3n) is 6.81. The molecule has 4 rings (SSSR count). The predicted octanol–water partition coefficient (Wildman–Crippen LogP) is 5.56. The van der Waals surface area contributed by atoms with Gasteiger partial charge in [-0.15, -0.1) is 0 Å². The van der Waals surface area contributed by atoms with Crippen LogP contribution < -0.4 is 16.0 Å². The average Bonchev–Trinajstić information content (AvgIpc) is 3.26. The first-order valence-electron chi connectivity index (χ1n) is 14.1. The normalized spacial score (nSPS) is 13.0. The van der Waals surface area contributed by atoms with Gasteiger partial charge in [-0.2, -0.15) is 0 Å². The van der Waals surface area contributed by atoms with Crippen LogP contribution in [0, 0.1) is 0 Å². The van der Waals surface area contributed by atoms with Gasteiger partial charge in [-0.1, -0.05) is 78.9 Å². The number of carbonyl (C=O) groups is 3. The predicted molar refractivity (Wildman–Crippen MR) is 159 cm³/mol. The Morgan fingerprint density at radius 2 is 1.32 bits per heavy atom. The average molecular weight is 558 g/mol. The fraction of sp³-hybridized carbons (Fsp3) is 0.364. The molecule has 8 nitrogen and oxygen atoms in total. The van der Waals surface area contributed by atoms with Crippen LogP contribution in [0.5, 0.6) is 0 Å². The molecule has 216 valence electrons. The number of amides is 3. The fourth-order valence-corrected chi connectivity index (χ4v) is 4.93. The number of alkyl carbamates (subject to hydrolysis) is 2. The SMILES string of the molecule is CC(C)(C)OC(=O)NCCCCNC(=O)[C@H](Cc1ccccc1)NC(=O)OCC1c2ccccc2-c2ccccc21. The van der Waals surface area contributed by atoms with Crippen molar-refractivity contribution < 1.29 is 23.9 Å². The molecule has 1 aliphatic rings. The molecule has 0 saturated carbocycles. The van der Waals surface area contributed by atoms with E-state index in [4.69, 9.17) is 9.47 Å². The molecule has 0 heterocycles. The van der Waals surface area contributed by atoms with Gasteiger partial charge in [0.25, 0.3) is 0 Å². The van der Waals surface area contributed by atoms with Crippen LogP contribution in [0.15, 0.2) is 78.9 Å². The highest BCUT2D eigenvalue weighted by Crippen LogP contribution is 2.44. The van der Waals surface area contributed by atoms with Crippen LogP contribution in [-0.4, -0.2) is 49.4 Å². The maximum atomic E-state index is 13.1.